The molecule has 5 aliphatic rings. The molecule has 4 heteroatoms. The maximum absolute atomic E-state index is 11.4. The van der Waals surface area contributed by atoms with Crippen molar-refractivity contribution in [2.75, 3.05) is 14.2 Å². The van der Waals surface area contributed by atoms with Crippen LogP contribution in [0.2, 0.25) is 0 Å². The lowest BCUT2D eigenvalue weighted by atomic mass is 9.51. The molecule has 2 bridgehead atoms. The van der Waals surface area contributed by atoms with Gasteiger partial charge in [-0.25, -0.2) is 0 Å². The highest BCUT2D eigenvalue weighted by atomic mass is 16.5. The molecule has 0 aromatic carbocycles. The van der Waals surface area contributed by atoms with Crippen molar-refractivity contribution in [3.8, 4) is 0 Å². The van der Waals surface area contributed by atoms with Crippen LogP contribution in [0.4, 0.5) is 0 Å². The van der Waals surface area contributed by atoms with Gasteiger partial charge in [0, 0.05) is 30.3 Å². The van der Waals surface area contributed by atoms with Crippen molar-refractivity contribution in [1.29, 1.82) is 0 Å². The first-order valence-corrected chi connectivity index (χ1v) is 7.75. The molecule has 112 valence electrons. The van der Waals surface area contributed by atoms with Crippen LogP contribution < -0.4 is 0 Å². The summed E-state index contributed by atoms with van der Waals surface area (Å²) in [5.41, 5.74) is -2.22. The first-order valence-electron chi connectivity index (χ1n) is 7.75. The largest absolute Gasteiger partial charge is 0.499 e. The zero-order valence-electron chi connectivity index (χ0n) is 12.2. The summed E-state index contributed by atoms with van der Waals surface area (Å²) in [4.78, 5) is 0. The van der Waals surface area contributed by atoms with E-state index in [1.807, 2.05) is 0 Å². The fourth-order valence-electron chi connectivity index (χ4n) is 7.63. The number of aliphatic hydroxyl groups is 2. The van der Waals surface area contributed by atoms with Gasteiger partial charge in [0.1, 0.15) is 22.7 Å². The molecular weight excluding hydrogens is 268 g/mol. The Morgan fingerprint density at radius 3 is 2.05 bits per heavy atom. The van der Waals surface area contributed by atoms with Gasteiger partial charge in [-0.3, -0.25) is 0 Å². The average Bonchev–Trinajstić information content (AvgIpc) is 2.97. The summed E-state index contributed by atoms with van der Waals surface area (Å²) in [5.74, 6) is 1.96. The molecule has 21 heavy (non-hydrogen) atoms. The molecule has 5 saturated carbocycles. The van der Waals surface area contributed by atoms with Crippen molar-refractivity contribution >= 4 is 0 Å². The molecule has 0 aromatic rings. The number of methoxy groups -OCH3 is 2. The third kappa shape index (κ3) is 0.880. The lowest BCUT2D eigenvalue weighted by molar-refractivity contribution is -0.208. The molecule has 5 rings (SSSR count). The van der Waals surface area contributed by atoms with Gasteiger partial charge in [0.05, 0.1) is 14.2 Å². The number of rotatable bonds is 4. The van der Waals surface area contributed by atoms with Crippen molar-refractivity contribution < 1.29 is 19.7 Å². The van der Waals surface area contributed by atoms with Gasteiger partial charge in [0.2, 0.25) is 0 Å². The molecule has 0 heterocycles. The summed E-state index contributed by atoms with van der Waals surface area (Å²) >= 11 is 0. The van der Waals surface area contributed by atoms with Gasteiger partial charge in [-0.2, -0.15) is 0 Å². The predicted octanol–water partition coefficient (Wildman–Crippen LogP) is 0.837. The van der Waals surface area contributed by atoms with Crippen molar-refractivity contribution in [2.24, 2.45) is 47.3 Å². The highest BCUT2D eigenvalue weighted by Gasteiger charge is 2.92. The summed E-state index contributed by atoms with van der Waals surface area (Å²) in [6, 6.07) is 0. The average molecular weight is 288 g/mol. The van der Waals surface area contributed by atoms with E-state index in [0.717, 1.165) is 6.42 Å². The van der Waals surface area contributed by atoms with Crippen LogP contribution in [-0.2, 0) is 9.47 Å². The van der Waals surface area contributed by atoms with Crippen LogP contribution in [0.3, 0.4) is 0 Å². The van der Waals surface area contributed by atoms with E-state index in [2.05, 4.69) is 6.58 Å². The molecule has 2 radical (unpaired) electrons. The summed E-state index contributed by atoms with van der Waals surface area (Å²) < 4.78 is 10.4. The molecule has 0 aromatic heterocycles. The predicted molar refractivity (Wildman–Crippen MR) is 72.4 cm³/mol. The second-order valence-corrected chi connectivity index (χ2v) is 7.63. The van der Waals surface area contributed by atoms with Crippen molar-refractivity contribution in [1.82, 2.24) is 0 Å². The van der Waals surface area contributed by atoms with Crippen LogP contribution in [0.5, 0.6) is 0 Å². The monoisotopic (exact) mass is 288 g/mol. The molecule has 0 saturated heterocycles. The quantitative estimate of drug-likeness (QED) is 0.753. The fraction of sp³-hybridized carbons (Fsp3) is 0.765. The van der Waals surface area contributed by atoms with E-state index in [4.69, 9.17) is 16.1 Å². The molecule has 10 atom stereocenters. The molecule has 5 aliphatic carbocycles. The number of hydrogen-bond donors (Lipinski definition) is 2. The minimum atomic E-state index is -1.19. The van der Waals surface area contributed by atoms with E-state index in [9.17, 15) is 10.2 Å². The molecule has 0 amide bonds. The Balaban J connectivity index is 1.70. The fourth-order valence-corrected chi connectivity index (χ4v) is 7.63. The topological polar surface area (TPSA) is 58.9 Å². The van der Waals surface area contributed by atoms with Crippen LogP contribution in [0, 0.1) is 53.9 Å². The maximum atomic E-state index is 11.4. The zero-order chi connectivity index (χ0) is 14.9. The van der Waals surface area contributed by atoms with Gasteiger partial charge in [-0.15, -0.1) is 0 Å². The Morgan fingerprint density at radius 1 is 1.00 bits per heavy atom. The van der Waals surface area contributed by atoms with E-state index in [1.54, 1.807) is 7.11 Å². The van der Waals surface area contributed by atoms with Crippen molar-refractivity contribution in [3.05, 3.63) is 24.7 Å². The summed E-state index contributed by atoms with van der Waals surface area (Å²) in [7, 11) is 3.01. The Morgan fingerprint density at radius 2 is 1.52 bits per heavy atom. The van der Waals surface area contributed by atoms with Crippen LogP contribution in [0.15, 0.2) is 18.1 Å². The number of hydrogen-bond acceptors (Lipinski definition) is 4. The van der Waals surface area contributed by atoms with E-state index in [-0.39, 0.29) is 29.4 Å². The zero-order valence-corrected chi connectivity index (χ0v) is 12.2. The van der Waals surface area contributed by atoms with Crippen LogP contribution >= 0.6 is 0 Å². The Kier molecular flexibility index (Phi) is 1.90. The smallest absolute Gasteiger partial charge is 0.136 e. The summed E-state index contributed by atoms with van der Waals surface area (Å²) in [6.07, 6.45) is 1.07. The molecule has 0 spiro atoms. The van der Waals surface area contributed by atoms with E-state index < -0.39 is 11.2 Å². The molecule has 0 aliphatic heterocycles. The van der Waals surface area contributed by atoms with E-state index >= 15 is 0 Å². The molecule has 5 fully saturated rings. The van der Waals surface area contributed by atoms with Crippen molar-refractivity contribution in [2.45, 2.75) is 17.6 Å². The van der Waals surface area contributed by atoms with Gasteiger partial charge in [0.15, 0.2) is 0 Å². The van der Waals surface area contributed by atoms with Gasteiger partial charge >= 0.3 is 0 Å². The van der Waals surface area contributed by atoms with Crippen molar-refractivity contribution in [3.63, 3.8) is 0 Å². The third-order valence-corrected chi connectivity index (χ3v) is 7.80. The van der Waals surface area contributed by atoms with E-state index in [1.165, 1.54) is 7.11 Å². The standard InChI is InChI=1S/C17H20O4/c1-6(20-3)16(18)12-8-5-9-11-10(8)14(16)15(11)17(19,13(9)12)7(2)21-4/h8-15,18-19H,1,5H2,3-4H3. The SMILES string of the molecule is [C]=C(OC)C1(O)C2C3CC4C5C3C1C5C(O)(C(=C)OC)C42. The van der Waals surface area contributed by atoms with Crippen LogP contribution in [0.25, 0.3) is 0 Å². The number of ether oxygens (including phenoxy) is 2. The Bertz CT molecular complexity index is 531. The van der Waals surface area contributed by atoms with Crippen LogP contribution in [0.1, 0.15) is 6.42 Å². The second-order valence-electron chi connectivity index (χ2n) is 7.63. The lowest BCUT2D eigenvalue weighted by Gasteiger charge is -2.57. The number of fused-ring (bicyclic) bond motifs is 2. The molecule has 2 N–H and O–H groups in total. The molecule has 4 nitrogen and oxygen atoms in total. The maximum Gasteiger partial charge on any atom is 0.136 e. The highest BCUT2D eigenvalue weighted by molar-refractivity contribution is 5.44. The van der Waals surface area contributed by atoms with Gasteiger partial charge in [-0.05, 0) is 30.1 Å². The van der Waals surface area contributed by atoms with Gasteiger partial charge in [0.25, 0.3) is 0 Å². The minimum absolute atomic E-state index is 0.0221. The second kappa shape index (κ2) is 3.18. The van der Waals surface area contributed by atoms with Crippen LogP contribution in [-0.4, -0.2) is 35.6 Å². The minimum Gasteiger partial charge on any atom is -0.499 e. The lowest BCUT2D eigenvalue weighted by Crippen LogP contribution is -2.65. The third-order valence-electron chi connectivity index (χ3n) is 7.80. The highest BCUT2D eigenvalue weighted by Crippen LogP contribution is 2.88. The Hall–Kier alpha value is -1.00. The molecular formula is C17H20O4. The summed E-state index contributed by atoms with van der Waals surface area (Å²) in [6.45, 7) is 12.1. The first kappa shape index (κ1) is 12.5. The van der Waals surface area contributed by atoms with Gasteiger partial charge in [-0.1, -0.05) is 6.58 Å². The summed E-state index contributed by atoms with van der Waals surface area (Å²) in [5, 5.41) is 22.7. The first-order chi connectivity index (χ1) is 9.93. The van der Waals surface area contributed by atoms with E-state index in [0.29, 0.717) is 29.4 Å². The Labute approximate surface area is 124 Å². The molecule has 10 unspecified atom stereocenters. The normalized spacial score (nSPS) is 63.8. The van der Waals surface area contributed by atoms with Gasteiger partial charge < -0.3 is 19.7 Å².